The minimum Gasteiger partial charge on any atom is -0.497 e. The number of hydrogen-bond donors (Lipinski definition) is 0. The quantitative estimate of drug-likeness (QED) is 0.451. The molecule has 0 atom stereocenters. The Morgan fingerprint density at radius 1 is 0.971 bits per heavy atom. The lowest BCUT2D eigenvalue weighted by atomic mass is 10.0. The van der Waals surface area contributed by atoms with Gasteiger partial charge in [-0.05, 0) is 73.9 Å². The van der Waals surface area contributed by atoms with Gasteiger partial charge in [-0.2, -0.15) is 0 Å². The summed E-state index contributed by atoms with van der Waals surface area (Å²) in [5.74, 6) is 1.08. The van der Waals surface area contributed by atoms with Crippen LogP contribution < -0.4 is 4.74 Å². The molecule has 2 heterocycles. The third-order valence-corrected chi connectivity index (χ3v) is 8.06. The van der Waals surface area contributed by atoms with Gasteiger partial charge in [0.25, 0.3) is 10.0 Å². The summed E-state index contributed by atoms with van der Waals surface area (Å²) >= 11 is 0. The highest BCUT2D eigenvalue weighted by Crippen LogP contribution is 2.30. The fourth-order valence-corrected chi connectivity index (χ4v) is 5.73. The van der Waals surface area contributed by atoms with Crippen molar-refractivity contribution < 1.29 is 13.2 Å². The Kier molecular flexibility index (Phi) is 9.86. The molecule has 2 aromatic carbocycles. The average molecular weight is 529 g/mol. The zero-order valence-electron chi connectivity index (χ0n) is 20.2. The minimum atomic E-state index is -3.71. The number of fused-ring (bicyclic) bond motifs is 1. The first-order valence-electron chi connectivity index (χ1n) is 11.2. The summed E-state index contributed by atoms with van der Waals surface area (Å²) in [5, 5.41) is 0.921. The van der Waals surface area contributed by atoms with Gasteiger partial charge in [-0.15, -0.1) is 24.8 Å². The molecule has 0 saturated carbocycles. The van der Waals surface area contributed by atoms with Gasteiger partial charge in [-0.3, -0.25) is 4.90 Å². The molecule has 1 aliphatic heterocycles. The van der Waals surface area contributed by atoms with E-state index in [1.807, 2.05) is 30.3 Å². The maximum Gasteiger partial charge on any atom is 0.268 e. The highest BCUT2D eigenvalue weighted by molar-refractivity contribution is 7.90. The number of halogens is 2. The largest absolute Gasteiger partial charge is 0.497 e. The molecule has 1 aromatic heterocycles. The lowest BCUT2D eigenvalue weighted by Crippen LogP contribution is -2.28. The van der Waals surface area contributed by atoms with Gasteiger partial charge in [0.1, 0.15) is 5.75 Å². The molecule has 9 heteroatoms. The fourth-order valence-electron chi connectivity index (χ4n) is 4.33. The highest BCUT2D eigenvalue weighted by Gasteiger charge is 2.23. The molecule has 0 aliphatic carbocycles. The third-order valence-electron chi connectivity index (χ3n) is 6.37. The van der Waals surface area contributed by atoms with Crippen LogP contribution in [0.5, 0.6) is 5.75 Å². The third kappa shape index (κ3) is 5.89. The Bertz CT molecular complexity index is 1190. The molecule has 0 N–H and O–H groups in total. The van der Waals surface area contributed by atoms with Gasteiger partial charge < -0.3 is 9.64 Å². The predicted octanol–water partition coefficient (Wildman–Crippen LogP) is 4.99. The van der Waals surface area contributed by atoms with E-state index in [9.17, 15) is 8.42 Å². The van der Waals surface area contributed by atoms with Gasteiger partial charge in [0, 0.05) is 31.2 Å². The monoisotopic (exact) mass is 527 g/mol. The van der Waals surface area contributed by atoms with E-state index in [0.29, 0.717) is 22.9 Å². The summed E-state index contributed by atoms with van der Waals surface area (Å²) in [5.41, 5.74) is 2.81. The van der Waals surface area contributed by atoms with Crippen molar-refractivity contribution in [3.63, 3.8) is 0 Å². The Labute approximate surface area is 215 Å². The molecular weight excluding hydrogens is 493 g/mol. The Hall–Kier alpha value is -1.77. The fraction of sp³-hybridized carbons (Fsp3) is 0.440. The molecule has 34 heavy (non-hydrogen) atoms. The summed E-state index contributed by atoms with van der Waals surface area (Å²) in [7, 11) is 0.0701. The SMILES string of the molecule is COc1ccc2c(c1)c(CN1CCCN(C)CC1)cn2S(=O)(=O)c1ccc(C(C)C)cc1.Cl.Cl. The minimum absolute atomic E-state index is 0. The van der Waals surface area contributed by atoms with Gasteiger partial charge in [0.15, 0.2) is 0 Å². The van der Waals surface area contributed by atoms with E-state index >= 15 is 0 Å². The van der Waals surface area contributed by atoms with Gasteiger partial charge in [0.2, 0.25) is 0 Å². The summed E-state index contributed by atoms with van der Waals surface area (Å²) in [6.45, 7) is 9.00. The lowest BCUT2D eigenvalue weighted by Gasteiger charge is -2.19. The van der Waals surface area contributed by atoms with E-state index in [4.69, 9.17) is 4.74 Å². The number of aromatic nitrogens is 1. The number of hydrogen-bond acceptors (Lipinski definition) is 5. The molecule has 0 unspecified atom stereocenters. The van der Waals surface area contributed by atoms with Crippen LogP contribution in [-0.4, -0.2) is 62.5 Å². The van der Waals surface area contributed by atoms with Crippen LogP contribution in [0.25, 0.3) is 10.9 Å². The topological polar surface area (TPSA) is 54.8 Å². The molecule has 0 spiro atoms. The van der Waals surface area contributed by atoms with Crippen molar-refractivity contribution in [1.82, 2.24) is 13.8 Å². The highest BCUT2D eigenvalue weighted by atomic mass is 35.5. The first kappa shape index (κ1) is 28.5. The second-order valence-electron chi connectivity index (χ2n) is 8.99. The summed E-state index contributed by atoms with van der Waals surface area (Å²) in [6, 6.07) is 12.8. The first-order valence-corrected chi connectivity index (χ1v) is 12.7. The normalized spacial score (nSPS) is 15.6. The van der Waals surface area contributed by atoms with E-state index in [1.165, 1.54) is 3.97 Å². The number of nitrogens with zero attached hydrogens (tertiary/aromatic N) is 3. The summed E-state index contributed by atoms with van der Waals surface area (Å²) in [4.78, 5) is 5.06. The van der Waals surface area contributed by atoms with Crippen molar-refractivity contribution in [3.05, 3.63) is 59.8 Å². The second kappa shape index (κ2) is 11.8. The second-order valence-corrected chi connectivity index (χ2v) is 10.8. The smallest absolute Gasteiger partial charge is 0.268 e. The van der Waals surface area contributed by atoms with E-state index in [1.54, 1.807) is 25.4 Å². The standard InChI is InChI=1S/C25H33N3O3S.2ClH/c1-19(2)20-6-9-23(10-7-20)32(29,30)28-18-21(17-27-13-5-12-26(3)14-15-27)24-16-22(31-4)8-11-25(24)28;;/h6-11,16,18-19H,5,12-15,17H2,1-4H3;2*1H. The molecule has 6 nitrogen and oxygen atoms in total. The van der Waals surface area contributed by atoms with Crippen LogP contribution >= 0.6 is 24.8 Å². The average Bonchev–Trinajstić information content (AvgIpc) is 3.02. The van der Waals surface area contributed by atoms with E-state index in [0.717, 1.165) is 54.9 Å². The van der Waals surface area contributed by atoms with E-state index in [2.05, 4.69) is 30.7 Å². The molecule has 4 rings (SSSR count). The molecule has 188 valence electrons. The van der Waals surface area contributed by atoms with Crippen LogP contribution in [0.3, 0.4) is 0 Å². The van der Waals surface area contributed by atoms with Gasteiger partial charge in [0.05, 0.1) is 17.5 Å². The number of likely N-dealkylation sites (N-methyl/N-ethyl adjacent to an activating group) is 1. The van der Waals surface area contributed by atoms with E-state index in [-0.39, 0.29) is 24.8 Å². The zero-order chi connectivity index (χ0) is 22.9. The number of rotatable bonds is 6. The summed E-state index contributed by atoms with van der Waals surface area (Å²) in [6.07, 6.45) is 2.91. The van der Waals surface area contributed by atoms with Crippen molar-refractivity contribution in [2.24, 2.45) is 0 Å². The van der Waals surface area contributed by atoms with Crippen molar-refractivity contribution in [2.75, 3.05) is 40.3 Å². The van der Waals surface area contributed by atoms with Crippen molar-refractivity contribution >= 4 is 45.7 Å². The first-order chi connectivity index (χ1) is 15.3. The predicted molar refractivity (Wildman–Crippen MR) is 143 cm³/mol. The molecule has 1 saturated heterocycles. The summed E-state index contributed by atoms with van der Waals surface area (Å²) < 4.78 is 34.1. The molecular formula is C25H35Cl2N3O3S. The van der Waals surface area contributed by atoms with Gasteiger partial charge in [-0.1, -0.05) is 26.0 Å². The number of methoxy groups -OCH3 is 1. The van der Waals surface area contributed by atoms with Crippen LogP contribution in [0.1, 0.15) is 37.3 Å². The van der Waals surface area contributed by atoms with Crippen LogP contribution in [0, 0.1) is 0 Å². The van der Waals surface area contributed by atoms with Gasteiger partial charge in [-0.25, -0.2) is 12.4 Å². The zero-order valence-corrected chi connectivity index (χ0v) is 22.7. The molecule has 1 fully saturated rings. The Morgan fingerprint density at radius 3 is 2.32 bits per heavy atom. The molecule has 0 amide bonds. The van der Waals surface area contributed by atoms with Crippen LogP contribution in [-0.2, 0) is 16.6 Å². The molecule has 3 aromatic rings. The molecule has 1 aliphatic rings. The van der Waals surface area contributed by atoms with Crippen molar-refractivity contribution in [3.8, 4) is 5.75 Å². The number of benzene rings is 2. The van der Waals surface area contributed by atoms with Crippen molar-refractivity contribution in [1.29, 1.82) is 0 Å². The van der Waals surface area contributed by atoms with Crippen LogP contribution in [0.4, 0.5) is 0 Å². The lowest BCUT2D eigenvalue weighted by molar-refractivity contribution is 0.270. The Morgan fingerprint density at radius 2 is 1.68 bits per heavy atom. The Balaban J connectivity index is 0.00000204. The molecule has 0 radical (unpaired) electrons. The number of ether oxygens (including phenoxy) is 1. The van der Waals surface area contributed by atoms with Crippen LogP contribution in [0.2, 0.25) is 0 Å². The molecule has 0 bridgehead atoms. The maximum atomic E-state index is 13.6. The van der Waals surface area contributed by atoms with Crippen molar-refractivity contribution in [2.45, 2.75) is 37.6 Å². The maximum absolute atomic E-state index is 13.6. The van der Waals surface area contributed by atoms with E-state index < -0.39 is 10.0 Å². The van der Waals surface area contributed by atoms with Crippen LogP contribution in [0.15, 0.2) is 53.6 Å². The van der Waals surface area contributed by atoms with Gasteiger partial charge >= 0.3 is 0 Å².